The summed E-state index contributed by atoms with van der Waals surface area (Å²) in [5, 5.41) is 0. The van der Waals surface area contributed by atoms with Crippen LogP contribution in [0.5, 0.6) is 0 Å². The largest absolute Gasteiger partial charge is 0.462 e. The van der Waals surface area contributed by atoms with Gasteiger partial charge in [-0.1, -0.05) is 23.8 Å². The van der Waals surface area contributed by atoms with E-state index in [1.807, 2.05) is 31.2 Å². The van der Waals surface area contributed by atoms with Crippen LogP contribution in [0.15, 0.2) is 36.7 Å². The number of rotatable bonds is 3. The van der Waals surface area contributed by atoms with Gasteiger partial charge in [0.1, 0.15) is 0 Å². The Kier molecular flexibility index (Phi) is 3.67. The second-order valence-electron chi connectivity index (χ2n) is 3.89. The molecule has 0 N–H and O–H groups in total. The first kappa shape index (κ1) is 12.2. The first-order valence-electron chi connectivity index (χ1n) is 5.77. The maximum Gasteiger partial charge on any atom is 0.341 e. The van der Waals surface area contributed by atoms with Crippen LogP contribution in [0.1, 0.15) is 22.8 Å². The van der Waals surface area contributed by atoms with Crippen molar-refractivity contribution in [2.45, 2.75) is 13.8 Å². The number of hydrogen-bond acceptors (Lipinski definition) is 4. The lowest BCUT2D eigenvalue weighted by molar-refractivity contribution is 0.0525. The highest BCUT2D eigenvalue weighted by molar-refractivity contribution is 5.88. The van der Waals surface area contributed by atoms with E-state index in [1.165, 1.54) is 12.4 Å². The Morgan fingerprint density at radius 2 is 2.00 bits per heavy atom. The summed E-state index contributed by atoms with van der Waals surface area (Å²) in [4.78, 5) is 19.8. The van der Waals surface area contributed by atoms with E-state index in [2.05, 4.69) is 9.97 Å². The smallest absolute Gasteiger partial charge is 0.341 e. The molecule has 1 aromatic carbocycles. The van der Waals surface area contributed by atoms with E-state index in [0.29, 0.717) is 18.0 Å². The highest BCUT2D eigenvalue weighted by Gasteiger charge is 2.08. The van der Waals surface area contributed by atoms with Gasteiger partial charge in [-0.25, -0.2) is 14.8 Å². The number of carbonyl (C=O) groups is 1. The fourth-order valence-electron chi connectivity index (χ4n) is 1.58. The maximum atomic E-state index is 11.4. The molecule has 0 atom stereocenters. The standard InChI is InChI=1S/C14H14N2O2/c1-3-18-14(17)12-8-15-13(16-9-12)11-6-4-5-10(2)7-11/h4-9H,3H2,1-2H3. The van der Waals surface area contributed by atoms with E-state index in [9.17, 15) is 4.79 Å². The molecule has 0 saturated heterocycles. The molecule has 2 rings (SSSR count). The van der Waals surface area contributed by atoms with Crippen molar-refractivity contribution in [1.29, 1.82) is 0 Å². The minimum atomic E-state index is -0.395. The normalized spacial score (nSPS) is 10.1. The van der Waals surface area contributed by atoms with Crippen molar-refractivity contribution in [3.05, 3.63) is 47.8 Å². The lowest BCUT2D eigenvalue weighted by Gasteiger charge is -2.03. The summed E-state index contributed by atoms with van der Waals surface area (Å²) in [6.45, 7) is 4.12. The van der Waals surface area contributed by atoms with E-state index >= 15 is 0 Å². The van der Waals surface area contributed by atoms with Gasteiger partial charge in [0, 0.05) is 18.0 Å². The number of carbonyl (C=O) groups excluding carboxylic acids is 1. The minimum Gasteiger partial charge on any atom is -0.462 e. The van der Waals surface area contributed by atoms with Gasteiger partial charge < -0.3 is 4.74 Å². The van der Waals surface area contributed by atoms with Gasteiger partial charge in [0.15, 0.2) is 5.82 Å². The van der Waals surface area contributed by atoms with Crippen LogP contribution in [-0.4, -0.2) is 22.5 Å². The van der Waals surface area contributed by atoms with Crippen molar-refractivity contribution in [3.8, 4) is 11.4 Å². The number of aromatic nitrogens is 2. The second kappa shape index (κ2) is 5.40. The van der Waals surface area contributed by atoms with Gasteiger partial charge in [0.25, 0.3) is 0 Å². The number of benzene rings is 1. The molecule has 1 aromatic heterocycles. The summed E-state index contributed by atoms with van der Waals surface area (Å²) in [6, 6.07) is 7.90. The average Bonchev–Trinajstić information content (AvgIpc) is 2.39. The SMILES string of the molecule is CCOC(=O)c1cnc(-c2cccc(C)c2)nc1. The van der Waals surface area contributed by atoms with E-state index in [4.69, 9.17) is 4.74 Å². The zero-order valence-corrected chi connectivity index (χ0v) is 10.4. The number of ether oxygens (including phenoxy) is 1. The Morgan fingerprint density at radius 1 is 1.28 bits per heavy atom. The van der Waals surface area contributed by atoms with Crippen molar-refractivity contribution >= 4 is 5.97 Å². The molecule has 0 spiro atoms. The molecule has 92 valence electrons. The van der Waals surface area contributed by atoms with Crippen LogP contribution in [0.3, 0.4) is 0 Å². The molecule has 0 aliphatic rings. The third-order valence-electron chi connectivity index (χ3n) is 2.44. The van der Waals surface area contributed by atoms with Crippen LogP contribution in [0.4, 0.5) is 0 Å². The quantitative estimate of drug-likeness (QED) is 0.776. The fraction of sp³-hybridized carbons (Fsp3) is 0.214. The van der Waals surface area contributed by atoms with Crippen molar-refractivity contribution in [2.24, 2.45) is 0 Å². The lowest BCUT2D eigenvalue weighted by atomic mass is 10.1. The van der Waals surface area contributed by atoms with E-state index < -0.39 is 5.97 Å². The highest BCUT2D eigenvalue weighted by Crippen LogP contribution is 2.15. The number of hydrogen-bond donors (Lipinski definition) is 0. The molecule has 1 heterocycles. The average molecular weight is 242 g/mol. The van der Waals surface area contributed by atoms with Crippen LogP contribution in [0.2, 0.25) is 0 Å². The Morgan fingerprint density at radius 3 is 2.61 bits per heavy atom. The van der Waals surface area contributed by atoms with Gasteiger partial charge in [0.05, 0.1) is 12.2 Å². The van der Waals surface area contributed by atoms with E-state index in [-0.39, 0.29) is 0 Å². The predicted octanol–water partition coefficient (Wildman–Crippen LogP) is 2.63. The Hall–Kier alpha value is -2.23. The first-order chi connectivity index (χ1) is 8.70. The van der Waals surface area contributed by atoms with Gasteiger partial charge >= 0.3 is 5.97 Å². The van der Waals surface area contributed by atoms with Crippen molar-refractivity contribution < 1.29 is 9.53 Å². The molecule has 0 unspecified atom stereocenters. The third-order valence-corrected chi connectivity index (χ3v) is 2.44. The molecule has 0 fully saturated rings. The van der Waals surface area contributed by atoms with Crippen LogP contribution in [-0.2, 0) is 4.74 Å². The summed E-state index contributed by atoms with van der Waals surface area (Å²) in [5.74, 6) is 0.208. The molecule has 4 nitrogen and oxygen atoms in total. The molecule has 0 aliphatic heterocycles. The molecule has 0 radical (unpaired) electrons. The molecule has 0 amide bonds. The topological polar surface area (TPSA) is 52.1 Å². The van der Waals surface area contributed by atoms with Crippen molar-refractivity contribution in [3.63, 3.8) is 0 Å². The monoisotopic (exact) mass is 242 g/mol. The van der Waals surface area contributed by atoms with Crippen LogP contribution >= 0.6 is 0 Å². The van der Waals surface area contributed by atoms with E-state index in [0.717, 1.165) is 11.1 Å². The molecule has 2 aromatic rings. The summed E-state index contributed by atoms with van der Waals surface area (Å²) >= 11 is 0. The molecule has 18 heavy (non-hydrogen) atoms. The van der Waals surface area contributed by atoms with E-state index in [1.54, 1.807) is 6.92 Å². The Balaban J connectivity index is 2.25. The zero-order valence-electron chi connectivity index (χ0n) is 10.4. The minimum absolute atomic E-state index is 0.346. The Bertz CT molecular complexity index is 550. The maximum absolute atomic E-state index is 11.4. The predicted molar refractivity (Wildman–Crippen MR) is 68.2 cm³/mol. The molecule has 4 heteroatoms. The summed E-state index contributed by atoms with van der Waals surface area (Å²) in [6.07, 6.45) is 2.98. The molecule has 0 bridgehead atoms. The summed E-state index contributed by atoms with van der Waals surface area (Å²) in [5.41, 5.74) is 2.45. The molecular weight excluding hydrogens is 228 g/mol. The van der Waals surface area contributed by atoms with Crippen LogP contribution in [0.25, 0.3) is 11.4 Å². The molecular formula is C14H14N2O2. The number of esters is 1. The van der Waals surface area contributed by atoms with Gasteiger partial charge in [0.2, 0.25) is 0 Å². The number of nitrogens with zero attached hydrogens (tertiary/aromatic N) is 2. The van der Waals surface area contributed by atoms with Crippen molar-refractivity contribution in [2.75, 3.05) is 6.61 Å². The second-order valence-corrected chi connectivity index (χ2v) is 3.89. The number of aryl methyl sites for hydroxylation is 1. The zero-order chi connectivity index (χ0) is 13.0. The van der Waals surface area contributed by atoms with Gasteiger partial charge in [-0.3, -0.25) is 0 Å². The van der Waals surface area contributed by atoms with Crippen molar-refractivity contribution in [1.82, 2.24) is 9.97 Å². The van der Waals surface area contributed by atoms with Gasteiger partial charge in [-0.15, -0.1) is 0 Å². The van der Waals surface area contributed by atoms with Crippen LogP contribution in [0, 0.1) is 6.92 Å². The summed E-state index contributed by atoms with van der Waals surface area (Å²) in [7, 11) is 0. The van der Waals surface area contributed by atoms with Crippen LogP contribution < -0.4 is 0 Å². The van der Waals surface area contributed by atoms with Gasteiger partial charge in [-0.2, -0.15) is 0 Å². The highest BCUT2D eigenvalue weighted by atomic mass is 16.5. The third kappa shape index (κ3) is 2.71. The first-order valence-corrected chi connectivity index (χ1v) is 5.77. The summed E-state index contributed by atoms with van der Waals surface area (Å²) < 4.78 is 4.87. The van der Waals surface area contributed by atoms with Gasteiger partial charge in [-0.05, 0) is 19.9 Å². The molecule has 0 aliphatic carbocycles. The lowest BCUT2D eigenvalue weighted by Crippen LogP contribution is -2.06. The molecule has 0 saturated carbocycles. The fourth-order valence-corrected chi connectivity index (χ4v) is 1.58. The Labute approximate surface area is 106 Å².